The number of benzene rings is 2. The Morgan fingerprint density at radius 3 is 2.18 bits per heavy atom. The molecule has 2 aliphatic rings. The van der Waals surface area contributed by atoms with Crippen molar-refractivity contribution in [3.8, 4) is 23.0 Å². The zero-order valence-electron chi connectivity index (χ0n) is 16.7. The zero-order chi connectivity index (χ0) is 20.0. The van der Waals surface area contributed by atoms with E-state index in [9.17, 15) is 4.79 Å². The Bertz CT molecular complexity index is 1010. The van der Waals surface area contributed by atoms with Crippen molar-refractivity contribution >= 4 is 17.1 Å². The highest BCUT2D eigenvalue weighted by molar-refractivity contribution is 6.41. The van der Waals surface area contributed by atoms with Gasteiger partial charge in [-0.15, -0.1) is 0 Å². The summed E-state index contributed by atoms with van der Waals surface area (Å²) in [5.41, 5.74) is 4.91. The fourth-order valence-corrected chi connectivity index (χ4v) is 4.12. The number of hydrogen-bond acceptors (Lipinski definition) is 6. The number of carbonyl (C=O) groups excluding carboxylic acids is 1. The first-order chi connectivity index (χ1) is 13.5. The van der Waals surface area contributed by atoms with E-state index in [1.807, 2.05) is 31.3 Å². The van der Waals surface area contributed by atoms with E-state index in [0.29, 0.717) is 34.1 Å². The lowest BCUT2D eigenvalue weighted by Gasteiger charge is -2.21. The maximum absolute atomic E-state index is 13.6. The summed E-state index contributed by atoms with van der Waals surface area (Å²) in [5, 5.41) is 0. The van der Waals surface area contributed by atoms with Gasteiger partial charge >= 0.3 is 0 Å². The van der Waals surface area contributed by atoms with E-state index in [4.69, 9.17) is 18.9 Å². The minimum absolute atomic E-state index is 0.0667. The molecule has 0 saturated carbocycles. The lowest BCUT2D eigenvalue weighted by Crippen LogP contribution is -2.18. The summed E-state index contributed by atoms with van der Waals surface area (Å²) < 4.78 is 21.9. The van der Waals surface area contributed by atoms with Crippen molar-refractivity contribution in [1.82, 2.24) is 4.90 Å². The van der Waals surface area contributed by atoms with Crippen molar-refractivity contribution < 1.29 is 23.7 Å². The first kappa shape index (κ1) is 18.2. The third-order valence-corrected chi connectivity index (χ3v) is 5.47. The molecule has 0 spiro atoms. The largest absolute Gasteiger partial charge is 0.493 e. The van der Waals surface area contributed by atoms with Gasteiger partial charge in [0.05, 0.1) is 45.3 Å². The van der Waals surface area contributed by atoms with Crippen LogP contribution in [0.15, 0.2) is 24.3 Å². The Labute approximate surface area is 164 Å². The molecule has 0 fully saturated rings. The number of fused-ring (bicyclic) bond motifs is 4. The van der Waals surface area contributed by atoms with Gasteiger partial charge in [-0.25, -0.2) is 0 Å². The highest BCUT2D eigenvalue weighted by Crippen LogP contribution is 2.49. The number of methoxy groups -OCH3 is 4. The van der Waals surface area contributed by atoms with Gasteiger partial charge in [0.1, 0.15) is 0 Å². The molecule has 1 heterocycles. The number of carbonyl (C=O) groups is 1. The number of likely N-dealkylation sites (N-methyl/N-ethyl adjacent to an activating group) is 1. The minimum Gasteiger partial charge on any atom is -0.493 e. The average molecular weight is 381 g/mol. The molecular weight excluding hydrogens is 358 g/mol. The lowest BCUT2D eigenvalue weighted by molar-refractivity contribution is 0.105. The van der Waals surface area contributed by atoms with Gasteiger partial charge in [0.25, 0.3) is 0 Å². The van der Waals surface area contributed by atoms with Crippen LogP contribution in [0.25, 0.3) is 11.3 Å². The van der Waals surface area contributed by atoms with E-state index in [2.05, 4.69) is 4.90 Å². The summed E-state index contributed by atoms with van der Waals surface area (Å²) >= 11 is 0. The summed E-state index contributed by atoms with van der Waals surface area (Å²) in [7, 11) is 8.35. The van der Waals surface area contributed by atoms with Gasteiger partial charge in [-0.3, -0.25) is 4.79 Å². The van der Waals surface area contributed by atoms with Crippen LogP contribution >= 0.6 is 0 Å². The molecule has 0 amide bonds. The summed E-state index contributed by atoms with van der Waals surface area (Å²) in [6.07, 6.45) is 0.801. The fourth-order valence-electron chi connectivity index (χ4n) is 4.12. The SMILES string of the molecule is COc1cc2c(cc1OC)C1=C(c3ccc(OC)c(OC)c3C1=O)N(C)CC2. The molecule has 1 aliphatic heterocycles. The molecule has 6 nitrogen and oxygen atoms in total. The number of nitrogens with zero attached hydrogens (tertiary/aromatic N) is 1. The molecule has 0 bridgehead atoms. The molecular formula is C22H23NO5. The molecule has 28 heavy (non-hydrogen) atoms. The quantitative estimate of drug-likeness (QED) is 0.810. The van der Waals surface area contributed by atoms with Gasteiger partial charge in [0.15, 0.2) is 28.8 Å². The standard InChI is InChI=1S/C22H23NO5/c1-23-9-8-12-10-16(26-3)17(27-4)11-14(12)18-20(23)13-6-7-15(25-2)22(28-5)19(13)21(18)24/h6-7,10-11H,8-9H2,1-5H3. The molecule has 0 radical (unpaired) electrons. The molecule has 4 rings (SSSR count). The van der Waals surface area contributed by atoms with E-state index in [1.54, 1.807) is 28.4 Å². The van der Waals surface area contributed by atoms with Gasteiger partial charge in [0.2, 0.25) is 0 Å². The summed E-state index contributed by atoms with van der Waals surface area (Å²) in [6, 6.07) is 7.64. The number of allylic oxidation sites excluding steroid dienone is 1. The van der Waals surface area contributed by atoms with Gasteiger partial charge in [0, 0.05) is 19.2 Å². The van der Waals surface area contributed by atoms with Crippen LogP contribution in [0.5, 0.6) is 23.0 Å². The second kappa shape index (κ2) is 6.78. The van der Waals surface area contributed by atoms with Crippen molar-refractivity contribution in [1.29, 1.82) is 0 Å². The number of rotatable bonds is 4. The van der Waals surface area contributed by atoms with Crippen LogP contribution in [0.1, 0.15) is 27.0 Å². The predicted molar refractivity (Wildman–Crippen MR) is 107 cm³/mol. The van der Waals surface area contributed by atoms with E-state index < -0.39 is 0 Å². The molecule has 0 N–H and O–H groups in total. The van der Waals surface area contributed by atoms with Crippen LogP contribution in [0.4, 0.5) is 0 Å². The minimum atomic E-state index is -0.0667. The van der Waals surface area contributed by atoms with Crippen molar-refractivity contribution in [2.75, 3.05) is 42.0 Å². The smallest absolute Gasteiger partial charge is 0.200 e. The van der Waals surface area contributed by atoms with Crippen LogP contribution < -0.4 is 18.9 Å². The third kappa shape index (κ3) is 2.44. The Balaban J connectivity index is 2.00. The van der Waals surface area contributed by atoms with Crippen LogP contribution in [0, 0.1) is 0 Å². The topological polar surface area (TPSA) is 57.2 Å². The first-order valence-corrected chi connectivity index (χ1v) is 9.06. The summed E-state index contributed by atoms with van der Waals surface area (Å²) in [4.78, 5) is 15.7. The number of hydrogen-bond donors (Lipinski definition) is 0. The molecule has 146 valence electrons. The van der Waals surface area contributed by atoms with Crippen LogP contribution in [0.2, 0.25) is 0 Å². The fraction of sp³-hybridized carbons (Fsp3) is 0.318. The number of Topliss-reactive ketones (excluding diaryl/α,β-unsaturated/α-hetero) is 1. The van der Waals surface area contributed by atoms with E-state index in [0.717, 1.165) is 35.4 Å². The summed E-state index contributed by atoms with van der Waals surface area (Å²) in [6.45, 7) is 0.780. The lowest BCUT2D eigenvalue weighted by atomic mass is 9.95. The molecule has 1 aliphatic carbocycles. The van der Waals surface area contributed by atoms with Crippen molar-refractivity contribution in [3.05, 3.63) is 46.5 Å². The van der Waals surface area contributed by atoms with Crippen LogP contribution in [-0.2, 0) is 6.42 Å². The number of ether oxygens (including phenoxy) is 4. The predicted octanol–water partition coefficient (Wildman–Crippen LogP) is 3.27. The second-order valence-electron chi connectivity index (χ2n) is 6.81. The second-order valence-corrected chi connectivity index (χ2v) is 6.81. The summed E-state index contributed by atoms with van der Waals surface area (Å²) in [5.74, 6) is 2.21. The Hall–Kier alpha value is -3.15. The monoisotopic (exact) mass is 381 g/mol. The van der Waals surface area contributed by atoms with Crippen molar-refractivity contribution in [2.45, 2.75) is 6.42 Å². The van der Waals surface area contributed by atoms with Gasteiger partial charge in [-0.1, -0.05) is 0 Å². The van der Waals surface area contributed by atoms with E-state index in [-0.39, 0.29) is 5.78 Å². The average Bonchev–Trinajstić information content (AvgIpc) is 2.94. The van der Waals surface area contributed by atoms with Gasteiger partial charge < -0.3 is 23.8 Å². The highest BCUT2D eigenvalue weighted by Gasteiger charge is 2.39. The molecule has 0 saturated heterocycles. The van der Waals surface area contributed by atoms with Gasteiger partial charge in [-0.2, -0.15) is 0 Å². The maximum atomic E-state index is 13.6. The molecule has 6 heteroatoms. The van der Waals surface area contributed by atoms with Crippen molar-refractivity contribution in [3.63, 3.8) is 0 Å². The van der Waals surface area contributed by atoms with Crippen molar-refractivity contribution in [2.24, 2.45) is 0 Å². The Morgan fingerprint density at radius 1 is 0.857 bits per heavy atom. The van der Waals surface area contributed by atoms with Crippen LogP contribution in [0.3, 0.4) is 0 Å². The van der Waals surface area contributed by atoms with Gasteiger partial charge in [-0.05, 0) is 41.8 Å². The highest BCUT2D eigenvalue weighted by atomic mass is 16.5. The first-order valence-electron chi connectivity index (χ1n) is 9.06. The zero-order valence-corrected chi connectivity index (χ0v) is 16.7. The molecule has 0 atom stereocenters. The molecule has 2 aromatic rings. The van der Waals surface area contributed by atoms with E-state index in [1.165, 1.54) is 0 Å². The Kier molecular flexibility index (Phi) is 4.41. The molecule has 0 unspecified atom stereocenters. The molecule has 0 aromatic heterocycles. The normalized spacial score (nSPS) is 14.9. The number of ketones is 1. The maximum Gasteiger partial charge on any atom is 0.200 e. The van der Waals surface area contributed by atoms with Crippen LogP contribution in [-0.4, -0.2) is 52.7 Å². The third-order valence-electron chi connectivity index (χ3n) is 5.47. The Morgan fingerprint density at radius 2 is 1.54 bits per heavy atom. The van der Waals surface area contributed by atoms with E-state index >= 15 is 0 Å². The molecule has 2 aromatic carbocycles.